The fourth-order valence-electron chi connectivity index (χ4n) is 2.35. The van der Waals surface area contributed by atoms with Crippen molar-refractivity contribution in [1.82, 2.24) is 0 Å². The van der Waals surface area contributed by atoms with Crippen molar-refractivity contribution in [3.63, 3.8) is 0 Å². The van der Waals surface area contributed by atoms with E-state index < -0.39 is 11.4 Å². The average molecular weight is 225 g/mol. The van der Waals surface area contributed by atoms with Crippen LogP contribution in [0, 0.1) is 5.92 Å². The molecule has 0 bridgehead atoms. The van der Waals surface area contributed by atoms with Crippen molar-refractivity contribution in [2.45, 2.75) is 25.2 Å². The summed E-state index contributed by atoms with van der Waals surface area (Å²) in [7, 11) is 0. The zero-order chi connectivity index (χ0) is 11.1. The first-order valence-electron chi connectivity index (χ1n) is 5.11. The van der Waals surface area contributed by atoms with Crippen LogP contribution in [0.25, 0.3) is 0 Å². The SMILES string of the molecule is CCC1CC1(C(=O)O)c1ccccc1Cl. The second-order valence-electron chi connectivity index (χ2n) is 4.07. The van der Waals surface area contributed by atoms with Crippen molar-refractivity contribution in [1.29, 1.82) is 0 Å². The van der Waals surface area contributed by atoms with E-state index in [2.05, 4.69) is 0 Å². The Kier molecular flexibility index (Phi) is 2.47. The van der Waals surface area contributed by atoms with Gasteiger partial charge in [-0.15, -0.1) is 0 Å². The van der Waals surface area contributed by atoms with Crippen LogP contribution in [0.1, 0.15) is 25.3 Å². The molecule has 0 heterocycles. The van der Waals surface area contributed by atoms with E-state index in [1.807, 2.05) is 25.1 Å². The van der Waals surface area contributed by atoms with E-state index in [9.17, 15) is 9.90 Å². The van der Waals surface area contributed by atoms with Crippen molar-refractivity contribution in [3.05, 3.63) is 34.9 Å². The Bertz CT molecular complexity index is 402. The maximum atomic E-state index is 11.3. The molecule has 1 aliphatic carbocycles. The van der Waals surface area contributed by atoms with Crippen molar-refractivity contribution in [2.24, 2.45) is 5.92 Å². The van der Waals surface area contributed by atoms with Gasteiger partial charge in [0.2, 0.25) is 0 Å². The van der Waals surface area contributed by atoms with Crippen LogP contribution in [0.3, 0.4) is 0 Å². The molecular weight excluding hydrogens is 212 g/mol. The third kappa shape index (κ3) is 1.44. The fraction of sp³-hybridized carbons (Fsp3) is 0.417. The smallest absolute Gasteiger partial charge is 0.314 e. The van der Waals surface area contributed by atoms with Crippen LogP contribution < -0.4 is 0 Å². The lowest BCUT2D eigenvalue weighted by Crippen LogP contribution is -2.22. The number of benzene rings is 1. The summed E-state index contributed by atoms with van der Waals surface area (Å²) in [5.41, 5.74) is 0.0543. The Morgan fingerprint density at radius 1 is 1.60 bits per heavy atom. The fourth-order valence-corrected chi connectivity index (χ4v) is 2.66. The Labute approximate surface area is 93.9 Å². The van der Waals surface area contributed by atoms with Gasteiger partial charge in [-0.05, 0) is 24.0 Å². The van der Waals surface area contributed by atoms with E-state index >= 15 is 0 Å². The first-order chi connectivity index (χ1) is 7.13. The van der Waals surface area contributed by atoms with Crippen LogP contribution in [0.2, 0.25) is 5.02 Å². The zero-order valence-electron chi connectivity index (χ0n) is 8.53. The van der Waals surface area contributed by atoms with E-state index in [4.69, 9.17) is 11.6 Å². The normalized spacial score (nSPS) is 28.8. The van der Waals surface area contributed by atoms with Crippen LogP contribution >= 0.6 is 11.6 Å². The van der Waals surface area contributed by atoms with Gasteiger partial charge in [0.05, 0.1) is 5.41 Å². The summed E-state index contributed by atoms with van der Waals surface area (Å²) in [6, 6.07) is 7.25. The molecule has 1 N–H and O–H groups in total. The summed E-state index contributed by atoms with van der Waals surface area (Å²) in [6.45, 7) is 2.02. The van der Waals surface area contributed by atoms with Gasteiger partial charge in [-0.3, -0.25) is 4.79 Å². The van der Waals surface area contributed by atoms with Gasteiger partial charge in [0.15, 0.2) is 0 Å². The summed E-state index contributed by atoms with van der Waals surface area (Å²) >= 11 is 6.05. The van der Waals surface area contributed by atoms with Crippen molar-refractivity contribution in [3.8, 4) is 0 Å². The number of hydrogen-bond acceptors (Lipinski definition) is 1. The van der Waals surface area contributed by atoms with Gasteiger partial charge in [-0.2, -0.15) is 0 Å². The quantitative estimate of drug-likeness (QED) is 0.857. The number of aliphatic carboxylic acids is 1. The molecule has 0 spiro atoms. The predicted octanol–water partition coefficient (Wildman–Crippen LogP) is 3.09. The molecule has 1 saturated carbocycles. The van der Waals surface area contributed by atoms with Gasteiger partial charge in [-0.25, -0.2) is 0 Å². The summed E-state index contributed by atoms with van der Waals surface area (Å²) in [4.78, 5) is 11.3. The standard InChI is InChI=1S/C12H13ClO2/c1-2-8-7-12(8,11(14)15)9-5-3-4-6-10(9)13/h3-6,8H,2,7H2,1H3,(H,14,15). The number of rotatable bonds is 3. The van der Waals surface area contributed by atoms with Crippen LogP contribution in [0.5, 0.6) is 0 Å². The molecule has 0 aromatic heterocycles. The van der Waals surface area contributed by atoms with Gasteiger partial charge in [0.1, 0.15) is 0 Å². The minimum Gasteiger partial charge on any atom is -0.481 e. The van der Waals surface area contributed by atoms with Crippen LogP contribution in [0.4, 0.5) is 0 Å². The summed E-state index contributed by atoms with van der Waals surface area (Å²) in [5, 5.41) is 9.89. The van der Waals surface area contributed by atoms with Crippen LogP contribution in [0.15, 0.2) is 24.3 Å². The third-order valence-corrected chi connectivity index (χ3v) is 3.66. The van der Waals surface area contributed by atoms with E-state index in [0.29, 0.717) is 11.4 Å². The maximum Gasteiger partial charge on any atom is 0.314 e. The third-order valence-electron chi connectivity index (χ3n) is 3.33. The highest BCUT2D eigenvalue weighted by molar-refractivity contribution is 6.31. The number of carbonyl (C=O) groups is 1. The number of halogens is 1. The van der Waals surface area contributed by atoms with Gasteiger partial charge in [0.25, 0.3) is 0 Å². The molecule has 3 heteroatoms. The molecule has 0 saturated heterocycles. The molecule has 1 aromatic rings. The van der Waals surface area contributed by atoms with Crippen LogP contribution in [-0.4, -0.2) is 11.1 Å². The van der Waals surface area contributed by atoms with Gasteiger partial charge >= 0.3 is 5.97 Å². The molecule has 2 unspecified atom stereocenters. The molecule has 1 aliphatic rings. The van der Waals surface area contributed by atoms with Crippen molar-refractivity contribution < 1.29 is 9.90 Å². The molecule has 2 nitrogen and oxygen atoms in total. The lowest BCUT2D eigenvalue weighted by Gasteiger charge is -2.13. The Morgan fingerprint density at radius 3 is 2.73 bits per heavy atom. The first-order valence-corrected chi connectivity index (χ1v) is 5.49. The molecule has 80 valence electrons. The summed E-state index contributed by atoms with van der Waals surface area (Å²) in [5.74, 6) is -0.516. The van der Waals surface area contributed by atoms with Gasteiger partial charge in [-0.1, -0.05) is 43.1 Å². The largest absolute Gasteiger partial charge is 0.481 e. The van der Waals surface area contributed by atoms with E-state index in [1.54, 1.807) is 6.07 Å². The van der Waals surface area contributed by atoms with Gasteiger partial charge < -0.3 is 5.11 Å². The zero-order valence-corrected chi connectivity index (χ0v) is 9.29. The molecular formula is C12H13ClO2. The number of carboxylic acid groups (broad SMARTS) is 1. The predicted molar refractivity (Wildman–Crippen MR) is 59.2 cm³/mol. The number of hydrogen-bond donors (Lipinski definition) is 1. The minimum atomic E-state index is -0.748. The Morgan fingerprint density at radius 2 is 2.27 bits per heavy atom. The monoisotopic (exact) mass is 224 g/mol. The highest BCUT2D eigenvalue weighted by Crippen LogP contribution is 2.57. The first kappa shape index (κ1) is 10.5. The Balaban J connectivity index is 2.45. The topological polar surface area (TPSA) is 37.3 Å². The maximum absolute atomic E-state index is 11.3. The van der Waals surface area contributed by atoms with Crippen molar-refractivity contribution in [2.75, 3.05) is 0 Å². The van der Waals surface area contributed by atoms with E-state index in [-0.39, 0.29) is 5.92 Å². The molecule has 1 aromatic carbocycles. The highest BCUT2D eigenvalue weighted by Gasteiger charge is 2.61. The highest BCUT2D eigenvalue weighted by atomic mass is 35.5. The number of carboxylic acids is 1. The molecule has 2 rings (SSSR count). The lowest BCUT2D eigenvalue weighted by molar-refractivity contribution is -0.140. The molecule has 0 amide bonds. The average Bonchev–Trinajstić information content (AvgIpc) is 2.94. The van der Waals surface area contributed by atoms with Crippen molar-refractivity contribution >= 4 is 17.6 Å². The molecule has 0 radical (unpaired) electrons. The minimum absolute atomic E-state index is 0.231. The second-order valence-corrected chi connectivity index (χ2v) is 4.47. The van der Waals surface area contributed by atoms with Gasteiger partial charge in [0, 0.05) is 5.02 Å². The van der Waals surface area contributed by atoms with E-state index in [1.165, 1.54) is 0 Å². The van der Waals surface area contributed by atoms with Crippen LogP contribution in [-0.2, 0) is 10.2 Å². The lowest BCUT2D eigenvalue weighted by atomic mass is 9.92. The molecule has 2 atom stereocenters. The van der Waals surface area contributed by atoms with E-state index in [0.717, 1.165) is 12.0 Å². The summed E-state index contributed by atoms with van der Waals surface area (Å²) in [6.07, 6.45) is 1.60. The molecule has 15 heavy (non-hydrogen) atoms. The second kappa shape index (κ2) is 3.53. The molecule has 0 aliphatic heterocycles. The summed E-state index contributed by atoms with van der Waals surface area (Å²) < 4.78 is 0. The Hall–Kier alpha value is -1.02. The molecule has 1 fully saturated rings.